The van der Waals surface area contributed by atoms with Crippen molar-refractivity contribution in [2.24, 2.45) is 10.8 Å². The van der Waals surface area contributed by atoms with E-state index in [1.165, 1.54) is 18.2 Å². The van der Waals surface area contributed by atoms with Crippen LogP contribution in [0, 0.1) is 11.3 Å². The third-order valence-electron chi connectivity index (χ3n) is 3.97. The van der Waals surface area contributed by atoms with Gasteiger partial charge in [0.25, 0.3) is 0 Å². The quantitative estimate of drug-likeness (QED) is 0.216. The Morgan fingerprint density at radius 3 is 2.61 bits per heavy atom. The number of nitrogens with two attached hydrogens (primary N) is 1. The van der Waals surface area contributed by atoms with Crippen LogP contribution in [0.5, 0.6) is 11.5 Å². The van der Waals surface area contributed by atoms with Crippen LogP contribution in [-0.4, -0.2) is 28.0 Å². The highest BCUT2D eigenvalue weighted by Crippen LogP contribution is 2.39. The smallest absolute Gasteiger partial charge is 0.412 e. The highest BCUT2D eigenvalue weighted by Gasteiger charge is 2.17. The van der Waals surface area contributed by atoms with Crippen molar-refractivity contribution in [2.75, 3.05) is 5.43 Å². The molecule has 12 heteroatoms. The summed E-state index contributed by atoms with van der Waals surface area (Å²) in [6.45, 7) is 2.01. The van der Waals surface area contributed by atoms with Crippen molar-refractivity contribution in [1.29, 1.82) is 5.26 Å². The normalized spacial score (nSPS) is 11.1. The second-order valence-corrected chi connectivity index (χ2v) is 6.81. The molecule has 0 atom stereocenters. The number of hydrogen-bond acceptors (Lipinski definition) is 8. The van der Waals surface area contributed by atoms with Gasteiger partial charge < -0.3 is 15.2 Å². The second kappa shape index (κ2) is 9.34. The largest absolute Gasteiger partial charge is 0.454 e. The fourth-order valence-corrected chi connectivity index (χ4v) is 3.16. The Balaban J connectivity index is 1.82. The van der Waals surface area contributed by atoms with E-state index in [0.29, 0.717) is 5.75 Å². The van der Waals surface area contributed by atoms with Crippen molar-refractivity contribution in [3.05, 3.63) is 46.1 Å². The Hall–Kier alpha value is -3.81. The van der Waals surface area contributed by atoms with Crippen LogP contribution >= 0.6 is 23.2 Å². The molecule has 2 aromatic carbocycles. The van der Waals surface area contributed by atoms with Crippen molar-refractivity contribution < 1.29 is 19.1 Å². The molecule has 1 heterocycles. The third kappa shape index (κ3) is 5.03. The van der Waals surface area contributed by atoms with Gasteiger partial charge in [-0.1, -0.05) is 30.1 Å². The Bertz CT molecular complexity index is 1220. The number of anilines is 1. The van der Waals surface area contributed by atoms with E-state index < -0.39 is 17.8 Å². The average molecular weight is 461 g/mol. The van der Waals surface area contributed by atoms with E-state index in [9.17, 15) is 9.59 Å². The van der Waals surface area contributed by atoms with Crippen LogP contribution in [0.3, 0.4) is 0 Å². The summed E-state index contributed by atoms with van der Waals surface area (Å²) in [5, 5.41) is 20.9. The molecule has 1 amide bonds. The molecule has 0 aliphatic carbocycles. The molecular formula is C19H14Cl2N6O4. The lowest BCUT2D eigenvalue weighted by atomic mass is 10.2. The van der Waals surface area contributed by atoms with Crippen LogP contribution in [-0.2, 0) is 16.0 Å². The number of benzene rings is 2. The van der Waals surface area contributed by atoms with Gasteiger partial charge in [0, 0.05) is 11.1 Å². The average Bonchev–Trinajstić information content (AvgIpc) is 3.13. The molecule has 4 N–H and O–H groups in total. The highest BCUT2D eigenvalue weighted by atomic mass is 35.5. The minimum Gasteiger partial charge on any atom is -0.454 e. The van der Waals surface area contributed by atoms with Crippen molar-refractivity contribution in [1.82, 2.24) is 10.2 Å². The summed E-state index contributed by atoms with van der Waals surface area (Å²) < 4.78 is 9.95. The standard InChI is InChI=1S/C19H14Cl2N6O4/c1-2-14-11-7-10(3-4-15(11)26-25-14)30-17-12(20)5-9(6-13(17)21)24-27-16(8-22)18(28)31-19(23)29/h3-7,24H,2H2,1H3,(H2,23,29)(H,25,26)/b27-16+. The lowest BCUT2D eigenvalue weighted by Gasteiger charge is -2.11. The van der Waals surface area contributed by atoms with Crippen LogP contribution in [0.1, 0.15) is 12.6 Å². The minimum atomic E-state index is -1.36. The summed E-state index contributed by atoms with van der Waals surface area (Å²) in [6.07, 6.45) is -0.583. The van der Waals surface area contributed by atoms with Gasteiger partial charge in [-0.05, 0) is 36.8 Å². The number of aryl methyl sites for hydroxylation is 1. The monoisotopic (exact) mass is 460 g/mol. The number of hydrazone groups is 1. The zero-order valence-electron chi connectivity index (χ0n) is 15.9. The topological polar surface area (TPSA) is 155 Å². The van der Waals surface area contributed by atoms with E-state index in [0.717, 1.165) is 23.0 Å². The molecule has 0 saturated carbocycles. The number of carbonyl (C=O) groups is 2. The van der Waals surface area contributed by atoms with Gasteiger partial charge in [-0.3, -0.25) is 10.5 Å². The lowest BCUT2D eigenvalue weighted by molar-refractivity contribution is -0.129. The van der Waals surface area contributed by atoms with Crippen LogP contribution in [0.25, 0.3) is 10.9 Å². The molecule has 158 valence electrons. The maximum absolute atomic E-state index is 11.5. The Morgan fingerprint density at radius 2 is 2.00 bits per heavy atom. The molecule has 31 heavy (non-hydrogen) atoms. The van der Waals surface area contributed by atoms with Crippen LogP contribution in [0.15, 0.2) is 35.4 Å². The molecule has 0 spiro atoms. The number of primary amides is 1. The number of esters is 1. The molecule has 10 nitrogen and oxygen atoms in total. The number of amides is 1. The number of nitrogens with zero attached hydrogens (tertiary/aromatic N) is 3. The first-order chi connectivity index (χ1) is 14.8. The molecule has 0 bridgehead atoms. The zero-order valence-corrected chi connectivity index (χ0v) is 17.4. The number of carbonyl (C=O) groups excluding carboxylic acids is 2. The number of hydrogen-bond donors (Lipinski definition) is 3. The zero-order chi connectivity index (χ0) is 22.5. The number of aromatic nitrogens is 2. The molecule has 0 unspecified atom stereocenters. The number of halogens is 2. The fraction of sp³-hybridized carbons (Fsp3) is 0.105. The summed E-state index contributed by atoms with van der Waals surface area (Å²) >= 11 is 12.6. The van der Waals surface area contributed by atoms with Gasteiger partial charge in [0.05, 0.1) is 21.2 Å². The van der Waals surface area contributed by atoms with Crippen molar-refractivity contribution >= 4 is 57.6 Å². The predicted molar refractivity (Wildman–Crippen MR) is 114 cm³/mol. The summed E-state index contributed by atoms with van der Waals surface area (Å²) in [5.41, 5.74) is 8.46. The lowest BCUT2D eigenvalue weighted by Crippen LogP contribution is -2.24. The molecule has 3 aromatic rings. The van der Waals surface area contributed by atoms with E-state index >= 15 is 0 Å². The molecule has 0 saturated heterocycles. The molecule has 0 aliphatic heterocycles. The highest BCUT2D eigenvalue weighted by molar-refractivity contribution is 6.44. The van der Waals surface area contributed by atoms with E-state index in [4.69, 9.17) is 38.9 Å². The molecular weight excluding hydrogens is 447 g/mol. The predicted octanol–water partition coefficient (Wildman–Crippen LogP) is 4.14. The maximum Gasteiger partial charge on any atom is 0.412 e. The summed E-state index contributed by atoms with van der Waals surface area (Å²) in [6, 6.07) is 9.69. The summed E-state index contributed by atoms with van der Waals surface area (Å²) in [4.78, 5) is 22.1. The molecule has 1 aromatic heterocycles. The van der Waals surface area contributed by atoms with Crippen molar-refractivity contribution in [2.45, 2.75) is 13.3 Å². The summed E-state index contributed by atoms with van der Waals surface area (Å²) in [5.74, 6) is -0.597. The SMILES string of the molecule is CCc1[nH]nc2ccc(Oc3c(Cl)cc(N/N=C(\C#N)C(=O)OC(N)=O)cc3Cl)cc12. The number of aromatic amines is 1. The number of H-pyrrole nitrogens is 1. The van der Waals surface area contributed by atoms with Crippen LogP contribution < -0.4 is 15.9 Å². The number of rotatable bonds is 6. The first-order valence-corrected chi connectivity index (χ1v) is 9.47. The number of ether oxygens (including phenoxy) is 2. The summed E-state index contributed by atoms with van der Waals surface area (Å²) in [7, 11) is 0. The third-order valence-corrected chi connectivity index (χ3v) is 4.53. The Kier molecular flexibility index (Phi) is 6.59. The molecule has 0 radical (unpaired) electrons. The molecule has 0 fully saturated rings. The number of fused-ring (bicyclic) bond motifs is 1. The minimum absolute atomic E-state index is 0.145. The molecule has 3 rings (SSSR count). The van der Waals surface area contributed by atoms with Gasteiger partial charge in [-0.15, -0.1) is 0 Å². The second-order valence-electron chi connectivity index (χ2n) is 6.00. The number of nitrogens with one attached hydrogen (secondary N) is 2. The van der Waals surface area contributed by atoms with E-state index in [-0.39, 0.29) is 21.5 Å². The number of nitriles is 1. The van der Waals surface area contributed by atoms with Gasteiger partial charge in [0.2, 0.25) is 5.71 Å². The Labute approximate surface area is 185 Å². The van der Waals surface area contributed by atoms with E-state index in [1.54, 1.807) is 12.1 Å². The van der Waals surface area contributed by atoms with E-state index in [2.05, 4.69) is 25.5 Å². The fourth-order valence-electron chi connectivity index (χ4n) is 2.59. The van der Waals surface area contributed by atoms with Gasteiger partial charge in [-0.25, -0.2) is 9.59 Å². The Morgan fingerprint density at radius 1 is 1.29 bits per heavy atom. The van der Waals surface area contributed by atoms with Gasteiger partial charge in [-0.2, -0.15) is 15.5 Å². The first kappa shape index (κ1) is 21.9. The van der Waals surface area contributed by atoms with Gasteiger partial charge in [0.15, 0.2) is 5.75 Å². The maximum atomic E-state index is 11.5. The van der Waals surface area contributed by atoms with Gasteiger partial charge in [0.1, 0.15) is 11.8 Å². The first-order valence-electron chi connectivity index (χ1n) is 8.71. The van der Waals surface area contributed by atoms with Crippen LogP contribution in [0.2, 0.25) is 10.0 Å². The van der Waals surface area contributed by atoms with Crippen molar-refractivity contribution in [3.63, 3.8) is 0 Å². The molecule has 0 aliphatic rings. The van der Waals surface area contributed by atoms with E-state index in [1.807, 2.05) is 13.0 Å². The van der Waals surface area contributed by atoms with Crippen LogP contribution in [0.4, 0.5) is 10.5 Å². The van der Waals surface area contributed by atoms with Gasteiger partial charge >= 0.3 is 12.1 Å². The van der Waals surface area contributed by atoms with Crippen molar-refractivity contribution in [3.8, 4) is 17.6 Å².